The maximum Gasteiger partial charge on any atom is 0.223 e. The van der Waals surface area contributed by atoms with Crippen LogP contribution >= 0.6 is 0 Å². The molecule has 2 heterocycles. The molecule has 7 heteroatoms. The van der Waals surface area contributed by atoms with Crippen LogP contribution < -0.4 is 15.4 Å². The number of carbonyl (C=O) groups is 1. The molecule has 1 atom stereocenters. The van der Waals surface area contributed by atoms with Gasteiger partial charge in [-0.15, -0.1) is 0 Å². The molecule has 0 saturated carbocycles. The van der Waals surface area contributed by atoms with Crippen molar-refractivity contribution in [3.63, 3.8) is 0 Å². The van der Waals surface area contributed by atoms with Crippen molar-refractivity contribution in [2.75, 3.05) is 33.8 Å². The Morgan fingerprint density at radius 3 is 2.72 bits per heavy atom. The van der Waals surface area contributed by atoms with Crippen molar-refractivity contribution in [3.8, 4) is 5.88 Å². The van der Waals surface area contributed by atoms with Crippen LogP contribution in [0.25, 0.3) is 0 Å². The van der Waals surface area contributed by atoms with Crippen molar-refractivity contribution < 1.29 is 9.53 Å². The number of carbonyl (C=O) groups excluding carboxylic acids is 1. The van der Waals surface area contributed by atoms with Crippen LogP contribution in [0.3, 0.4) is 0 Å². The zero-order valence-corrected chi connectivity index (χ0v) is 17.1. The number of likely N-dealkylation sites (tertiary alicyclic amines) is 1. The van der Waals surface area contributed by atoms with Crippen molar-refractivity contribution in [3.05, 3.63) is 59.8 Å². The topological polar surface area (TPSA) is 78.9 Å². The summed E-state index contributed by atoms with van der Waals surface area (Å²) >= 11 is 0. The Morgan fingerprint density at radius 2 is 2.03 bits per heavy atom. The fourth-order valence-electron chi connectivity index (χ4n) is 3.40. The lowest BCUT2D eigenvalue weighted by Gasteiger charge is -2.18. The maximum atomic E-state index is 12.3. The van der Waals surface area contributed by atoms with Crippen LogP contribution in [0.2, 0.25) is 0 Å². The summed E-state index contributed by atoms with van der Waals surface area (Å²) in [5, 5.41) is 6.61. The van der Waals surface area contributed by atoms with E-state index in [1.807, 2.05) is 35.2 Å². The third-order valence-corrected chi connectivity index (χ3v) is 5.06. The molecule has 154 valence electrons. The Bertz CT molecular complexity index is 808. The monoisotopic (exact) mass is 395 g/mol. The molecule has 1 aromatic heterocycles. The van der Waals surface area contributed by atoms with E-state index in [1.165, 1.54) is 5.56 Å². The average molecular weight is 396 g/mol. The van der Waals surface area contributed by atoms with Gasteiger partial charge in [-0.1, -0.05) is 36.4 Å². The predicted molar refractivity (Wildman–Crippen MR) is 114 cm³/mol. The third kappa shape index (κ3) is 6.20. The quantitative estimate of drug-likeness (QED) is 0.527. The number of rotatable bonds is 8. The van der Waals surface area contributed by atoms with Gasteiger partial charge in [-0.2, -0.15) is 0 Å². The molecule has 1 saturated heterocycles. The maximum absolute atomic E-state index is 12.3. The lowest BCUT2D eigenvalue weighted by atomic mass is 10.1. The highest BCUT2D eigenvalue weighted by molar-refractivity contribution is 5.80. The Hall–Kier alpha value is -3.09. The van der Waals surface area contributed by atoms with Gasteiger partial charge in [-0.25, -0.2) is 4.98 Å². The van der Waals surface area contributed by atoms with Crippen molar-refractivity contribution in [2.24, 2.45) is 10.9 Å². The second-order valence-corrected chi connectivity index (χ2v) is 7.16. The second-order valence-electron chi connectivity index (χ2n) is 7.16. The smallest absolute Gasteiger partial charge is 0.223 e. The van der Waals surface area contributed by atoms with Gasteiger partial charge < -0.3 is 20.3 Å². The first kappa shape index (κ1) is 20.6. The normalized spacial score (nSPS) is 16.8. The van der Waals surface area contributed by atoms with Gasteiger partial charge in [-0.3, -0.25) is 9.79 Å². The number of aromatic nitrogens is 1. The Morgan fingerprint density at radius 1 is 1.21 bits per heavy atom. The van der Waals surface area contributed by atoms with Crippen LogP contribution in [0.1, 0.15) is 17.5 Å². The van der Waals surface area contributed by atoms with Gasteiger partial charge in [-0.05, 0) is 17.5 Å². The number of amides is 1. The number of aliphatic imine (C=N–C) groups is 1. The molecule has 0 bridgehead atoms. The van der Waals surface area contributed by atoms with E-state index in [0.717, 1.165) is 31.0 Å². The average Bonchev–Trinajstić information content (AvgIpc) is 3.13. The molecule has 2 N–H and O–H groups in total. The molecule has 0 aliphatic carbocycles. The van der Waals surface area contributed by atoms with Crippen LogP contribution in [0.4, 0.5) is 0 Å². The van der Waals surface area contributed by atoms with Crippen molar-refractivity contribution >= 4 is 11.9 Å². The standard InChI is InChI=1S/C22H29N5O2/c1-23-22(25-14-18-8-9-20(29-2)24-13-18)26-15-19-12-21(28)27(16-19)11-10-17-6-4-3-5-7-17/h3-9,13,19H,10-12,14-16H2,1-2H3,(H2,23,25,26). The van der Waals surface area contributed by atoms with Crippen molar-refractivity contribution in [1.29, 1.82) is 0 Å². The van der Waals surface area contributed by atoms with E-state index >= 15 is 0 Å². The summed E-state index contributed by atoms with van der Waals surface area (Å²) in [6.45, 7) is 2.90. The Labute approximate surface area is 172 Å². The van der Waals surface area contributed by atoms with E-state index in [4.69, 9.17) is 4.74 Å². The van der Waals surface area contributed by atoms with Gasteiger partial charge in [0, 0.05) is 57.8 Å². The fraction of sp³-hybridized carbons (Fsp3) is 0.409. The Kier molecular flexibility index (Phi) is 7.44. The first-order valence-corrected chi connectivity index (χ1v) is 9.93. The number of guanidine groups is 1. The van der Waals surface area contributed by atoms with Crippen molar-refractivity contribution in [1.82, 2.24) is 20.5 Å². The molecule has 1 unspecified atom stereocenters. The van der Waals surface area contributed by atoms with Gasteiger partial charge in [0.05, 0.1) is 7.11 Å². The summed E-state index contributed by atoms with van der Waals surface area (Å²) < 4.78 is 5.07. The summed E-state index contributed by atoms with van der Waals surface area (Å²) in [5.74, 6) is 1.84. The number of methoxy groups -OCH3 is 1. The van der Waals surface area contributed by atoms with Gasteiger partial charge in [0.15, 0.2) is 5.96 Å². The lowest BCUT2D eigenvalue weighted by Crippen LogP contribution is -2.40. The SMILES string of the molecule is CN=C(NCc1ccc(OC)nc1)NCC1CC(=O)N(CCc2ccccc2)C1. The van der Waals surface area contributed by atoms with Crippen LogP contribution in [-0.2, 0) is 17.8 Å². The minimum absolute atomic E-state index is 0.236. The highest BCUT2D eigenvalue weighted by atomic mass is 16.5. The molecule has 1 aliphatic heterocycles. The van der Waals surface area contributed by atoms with E-state index < -0.39 is 0 Å². The lowest BCUT2D eigenvalue weighted by molar-refractivity contribution is -0.127. The minimum Gasteiger partial charge on any atom is -0.481 e. The molecular weight excluding hydrogens is 366 g/mol. The number of ether oxygens (including phenoxy) is 1. The molecule has 1 amide bonds. The van der Waals surface area contributed by atoms with Gasteiger partial charge in [0.25, 0.3) is 0 Å². The van der Waals surface area contributed by atoms with E-state index in [9.17, 15) is 4.79 Å². The molecule has 29 heavy (non-hydrogen) atoms. The molecule has 7 nitrogen and oxygen atoms in total. The molecule has 1 aliphatic rings. The third-order valence-electron chi connectivity index (χ3n) is 5.06. The molecule has 2 aromatic rings. The molecular formula is C22H29N5O2. The molecule has 1 aromatic carbocycles. The van der Waals surface area contributed by atoms with Crippen LogP contribution in [0, 0.1) is 5.92 Å². The molecule has 3 rings (SSSR count). The van der Waals surface area contributed by atoms with Gasteiger partial charge in [0.2, 0.25) is 11.8 Å². The molecule has 0 radical (unpaired) electrons. The number of nitrogens with zero attached hydrogens (tertiary/aromatic N) is 3. The summed E-state index contributed by atoms with van der Waals surface area (Å²) in [6, 6.07) is 14.1. The second kappa shape index (κ2) is 10.5. The highest BCUT2D eigenvalue weighted by Crippen LogP contribution is 2.17. The summed E-state index contributed by atoms with van der Waals surface area (Å²) in [5.41, 5.74) is 2.30. The summed E-state index contributed by atoms with van der Waals surface area (Å²) in [7, 11) is 3.34. The van der Waals surface area contributed by atoms with Gasteiger partial charge >= 0.3 is 0 Å². The first-order valence-electron chi connectivity index (χ1n) is 9.93. The zero-order valence-electron chi connectivity index (χ0n) is 17.1. The largest absolute Gasteiger partial charge is 0.481 e. The number of hydrogen-bond donors (Lipinski definition) is 2. The molecule has 0 spiro atoms. The van der Waals surface area contributed by atoms with Crippen LogP contribution in [0.5, 0.6) is 5.88 Å². The number of nitrogens with one attached hydrogen (secondary N) is 2. The predicted octanol–water partition coefficient (Wildman–Crippen LogP) is 1.85. The van der Waals surface area contributed by atoms with Crippen LogP contribution in [0.15, 0.2) is 53.7 Å². The number of benzene rings is 1. The molecule has 1 fully saturated rings. The highest BCUT2D eigenvalue weighted by Gasteiger charge is 2.29. The van der Waals surface area contributed by atoms with E-state index in [0.29, 0.717) is 31.3 Å². The summed E-state index contributed by atoms with van der Waals surface area (Å²) in [6.07, 6.45) is 3.26. The first-order chi connectivity index (χ1) is 14.2. The summed E-state index contributed by atoms with van der Waals surface area (Å²) in [4.78, 5) is 22.8. The van der Waals surface area contributed by atoms with Crippen molar-refractivity contribution in [2.45, 2.75) is 19.4 Å². The van der Waals surface area contributed by atoms with E-state index in [2.05, 4.69) is 32.7 Å². The number of pyridine rings is 1. The van der Waals surface area contributed by atoms with Crippen LogP contribution in [-0.4, -0.2) is 55.5 Å². The fourth-order valence-corrected chi connectivity index (χ4v) is 3.40. The van der Waals surface area contributed by atoms with Gasteiger partial charge in [0.1, 0.15) is 0 Å². The van der Waals surface area contributed by atoms with E-state index in [1.54, 1.807) is 20.4 Å². The minimum atomic E-state index is 0.236. The Balaban J connectivity index is 1.40. The number of hydrogen-bond acceptors (Lipinski definition) is 4. The zero-order chi connectivity index (χ0) is 20.5. The van der Waals surface area contributed by atoms with E-state index in [-0.39, 0.29) is 5.91 Å².